The average molecular weight is 353 g/mol. The lowest BCUT2D eigenvalue weighted by atomic mass is 9.83. The van der Waals surface area contributed by atoms with Crippen LogP contribution in [0.5, 0.6) is 0 Å². The first-order valence-corrected chi connectivity index (χ1v) is 7.98. The van der Waals surface area contributed by atoms with Crippen LogP contribution in [-0.2, 0) is 0 Å². The van der Waals surface area contributed by atoms with Crippen LogP contribution < -0.4 is 10.6 Å². The molecule has 2 atom stereocenters. The standard InChI is InChI=1S/C18H15N3O3S/c1-11-15(17(22)12-6-3-2-4-7-12)16(20-18(25)19-11)13-8-5-9-14(10-13)21(23)24/h2-10,15-16H,1H2,(H2,19,20,25)/t15-,16+/m0/s1. The van der Waals surface area contributed by atoms with E-state index in [1.807, 2.05) is 6.07 Å². The Kier molecular flexibility index (Phi) is 4.58. The second-order valence-electron chi connectivity index (χ2n) is 5.66. The fourth-order valence-electron chi connectivity index (χ4n) is 2.88. The zero-order valence-corrected chi connectivity index (χ0v) is 14.0. The van der Waals surface area contributed by atoms with Crippen LogP contribution in [0, 0.1) is 16.0 Å². The third-order valence-electron chi connectivity index (χ3n) is 4.05. The molecule has 0 bridgehead atoms. The Labute approximate surface area is 149 Å². The van der Waals surface area contributed by atoms with Crippen molar-refractivity contribution in [3.05, 3.63) is 88.1 Å². The third-order valence-corrected chi connectivity index (χ3v) is 4.27. The third kappa shape index (κ3) is 3.41. The van der Waals surface area contributed by atoms with E-state index < -0.39 is 16.9 Å². The van der Waals surface area contributed by atoms with Crippen LogP contribution in [0.3, 0.4) is 0 Å². The molecule has 2 aromatic rings. The van der Waals surface area contributed by atoms with Gasteiger partial charge in [-0.05, 0) is 17.8 Å². The van der Waals surface area contributed by atoms with Crippen LogP contribution in [0.1, 0.15) is 22.0 Å². The molecule has 0 aliphatic carbocycles. The summed E-state index contributed by atoms with van der Waals surface area (Å²) < 4.78 is 0. The van der Waals surface area contributed by atoms with E-state index in [0.717, 1.165) is 0 Å². The highest BCUT2D eigenvalue weighted by Crippen LogP contribution is 2.33. The van der Waals surface area contributed by atoms with E-state index in [1.54, 1.807) is 36.4 Å². The summed E-state index contributed by atoms with van der Waals surface area (Å²) in [7, 11) is 0. The molecule has 1 heterocycles. The monoisotopic (exact) mass is 353 g/mol. The lowest BCUT2D eigenvalue weighted by Crippen LogP contribution is -2.50. The summed E-state index contributed by atoms with van der Waals surface area (Å²) in [5.41, 5.74) is 1.57. The van der Waals surface area contributed by atoms with E-state index >= 15 is 0 Å². The molecule has 1 aliphatic heterocycles. The maximum Gasteiger partial charge on any atom is 0.269 e. The SMILES string of the molecule is C=C1NC(=S)N[C@H](c2cccc([N+](=O)[O-])c2)[C@H]1C(=O)c1ccccc1. The number of carbonyl (C=O) groups is 1. The molecule has 0 unspecified atom stereocenters. The molecular formula is C18H15N3O3S. The Hall–Kier alpha value is -3.06. The van der Waals surface area contributed by atoms with E-state index in [2.05, 4.69) is 17.2 Å². The van der Waals surface area contributed by atoms with Crippen molar-refractivity contribution in [1.29, 1.82) is 0 Å². The van der Waals surface area contributed by atoms with Crippen molar-refractivity contribution in [3.63, 3.8) is 0 Å². The average Bonchev–Trinajstić information content (AvgIpc) is 2.61. The van der Waals surface area contributed by atoms with Gasteiger partial charge in [0.2, 0.25) is 0 Å². The summed E-state index contributed by atoms with van der Waals surface area (Å²) in [6, 6.07) is 14.5. The molecule has 2 aromatic carbocycles. The van der Waals surface area contributed by atoms with Crippen LogP contribution in [0.25, 0.3) is 0 Å². The van der Waals surface area contributed by atoms with Crippen LogP contribution in [-0.4, -0.2) is 15.8 Å². The number of benzene rings is 2. The Morgan fingerprint density at radius 2 is 1.88 bits per heavy atom. The van der Waals surface area contributed by atoms with Crippen molar-refractivity contribution < 1.29 is 9.72 Å². The van der Waals surface area contributed by atoms with Gasteiger partial charge in [-0.3, -0.25) is 14.9 Å². The highest BCUT2D eigenvalue weighted by Gasteiger charge is 2.37. The van der Waals surface area contributed by atoms with Crippen molar-refractivity contribution in [2.75, 3.05) is 0 Å². The minimum absolute atomic E-state index is 0.0414. The van der Waals surface area contributed by atoms with Gasteiger partial charge in [0.25, 0.3) is 5.69 Å². The van der Waals surface area contributed by atoms with Gasteiger partial charge in [-0.1, -0.05) is 49.0 Å². The van der Waals surface area contributed by atoms with Gasteiger partial charge < -0.3 is 10.6 Å². The molecule has 6 nitrogen and oxygen atoms in total. The Balaban J connectivity index is 2.03. The number of nitrogens with one attached hydrogen (secondary N) is 2. The number of carbonyl (C=O) groups excluding carboxylic acids is 1. The van der Waals surface area contributed by atoms with E-state index in [4.69, 9.17) is 12.2 Å². The summed E-state index contributed by atoms with van der Waals surface area (Å²) in [6.07, 6.45) is 0. The molecule has 0 amide bonds. The summed E-state index contributed by atoms with van der Waals surface area (Å²) >= 11 is 5.17. The first-order chi connectivity index (χ1) is 12.0. The number of nitro benzene ring substituents is 1. The zero-order valence-electron chi connectivity index (χ0n) is 13.1. The molecular weight excluding hydrogens is 338 g/mol. The van der Waals surface area contributed by atoms with E-state index in [1.165, 1.54) is 12.1 Å². The molecule has 0 spiro atoms. The molecule has 25 heavy (non-hydrogen) atoms. The quantitative estimate of drug-likeness (QED) is 0.380. The Bertz CT molecular complexity index is 867. The van der Waals surface area contributed by atoms with E-state index in [0.29, 0.717) is 21.9 Å². The minimum atomic E-state index is -0.642. The molecule has 1 fully saturated rings. The number of thiocarbonyl (C=S) groups is 1. The van der Waals surface area contributed by atoms with Gasteiger partial charge >= 0.3 is 0 Å². The van der Waals surface area contributed by atoms with E-state index in [-0.39, 0.29) is 11.5 Å². The smallest absolute Gasteiger partial charge is 0.269 e. The number of nitro groups is 1. The molecule has 1 aliphatic rings. The Morgan fingerprint density at radius 3 is 2.56 bits per heavy atom. The van der Waals surface area contributed by atoms with Gasteiger partial charge in [-0.15, -0.1) is 0 Å². The van der Waals surface area contributed by atoms with Crippen LogP contribution in [0.2, 0.25) is 0 Å². The highest BCUT2D eigenvalue weighted by molar-refractivity contribution is 7.80. The number of hydrogen-bond acceptors (Lipinski definition) is 4. The lowest BCUT2D eigenvalue weighted by Gasteiger charge is -2.35. The van der Waals surface area contributed by atoms with Crippen LogP contribution in [0.4, 0.5) is 5.69 Å². The normalized spacial score (nSPS) is 19.7. The van der Waals surface area contributed by atoms with Gasteiger partial charge in [0.1, 0.15) is 0 Å². The number of non-ortho nitro benzene ring substituents is 1. The molecule has 3 rings (SSSR count). The number of hydrogen-bond donors (Lipinski definition) is 2. The number of nitrogens with zero attached hydrogens (tertiary/aromatic N) is 1. The predicted molar refractivity (Wildman–Crippen MR) is 98.1 cm³/mol. The number of Topliss-reactive ketones (excluding diaryl/α,β-unsaturated/α-hetero) is 1. The fraction of sp³-hybridized carbons (Fsp3) is 0.111. The number of ketones is 1. The first kappa shape index (κ1) is 16.8. The summed E-state index contributed by atoms with van der Waals surface area (Å²) in [5, 5.41) is 17.3. The molecule has 0 radical (unpaired) electrons. The molecule has 2 N–H and O–H groups in total. The van der Waals surface area contributed by atoms with Crippen molar-refractivity contribution in [2.45, 2.75) is 6.04 Å². The zero-order chi connectivity index (χ0) is 18.0. The van der Waals surface area contributed by atoms with Gasteiger partial charge in [-0.25, -0.2) is 0 Å². The van der Waals surface area contributed by atoms with Gasteiger partial charge in [0.05, 0.1) is 16.9 Å². The molecule has 0 aromatic heterocycles. The summed E-state index contributed by atoms with van der Waals surface area (Å²) in [5.74, 6) is -0.777. The van der Waals surface area contributed by atoms with Crippen molar-refractivity contribution in [3.8, 4) is 0 Å². The maximum absolute atomic E-state index is 13.0. The fourth-order valence-corrected chi connectivity index (χ4v) is 3.14. The van der Waals surface area contributed by atoms with Gasteiger partial charge in [0.15, 0.2) is 10.9 Å². The second kappa shape index (κ2) is 6.82. The summed E-state index contributed by atoms with van der Waals surface area (Å²) in [4.78, 5) is 23.6. The van der Waals surface area contributed by atoms with Crippen LogP contribution >= 0.6 is 12.2 Å². The number of rotatable bonds is 4. The first-order valence-electron chi connectivity index (χ1n) is 7.57. The highest BCUT2D eigenvalue weighted by atomic mass is 32.1. The predicted octanol–water partition coefficient (Wildman–Crippen LogP) is 3.13. The molecule has 126 valence electrons. The molecule has 7 heteroatoms. The topological polar surface area (TPSA) is 84.3 Å². The maximum atomic E-state index is 13.0. The second-order valence-corrected chi connectivity index (χ2v) is 6.07. The van der Waals surface area contributed by atoms with Crippen molar-refractivity contribution in [1.82, 2.24) is 10.6 Å². The molecule has 1 saturated heterocycles. The van der Waals surface area contributed by atoms with E-state index in [9.17, 15) is 14.9 Å². The van der Waals surface area contributed by atoms with Gasteiger partial charge in [0, 0.05) is 23.4 Å². The van der Waals surface area contributed by atoms with Crippen LogP contribution in [0.15, 0.2) is 66.9 Å². The Morgan fingerprint density at radius 1 is 1.16 bits per heavy atom. The van der Waals surface area contributed by atoms with Crippen molar-refractivity contribution >= 4 is 28.8 Å². The van der Waals surface area contributed by atoms with Crippen molar-refractivity contribution in [2.24, 2.45) is 5.92 Å². The molecule has 0 saturated carbocycles. The minimum Gasteiger partial charge on any atom is -0.354 e. The summed E-state index contributed by atoms with van der Waals surface area (Å²) in [6.45, 7) is 3.93. The largest absolute Gasteiger partial charge is 0.354 e. The van der Waals surface area contributed by atoms with Gasteiger partial charge in [-0.2, -0.15) is 0 Å². The lowest BCUT2D eigenvalue weighted by molar-refractivity contribution is -0.384.